The smallest absolute Gasteiger partial charge is 0.290 e. The minimum atomic E-state index is -0.405. The summed E-state index contributed by atoms with van der Waals surface area (Å²) in [5.41, 5.74) is 2.66. The Balaban J connectivity index is 1.13. The second-order valence-corrected chi connectivity index (χ2v) is 9.38. The molecule has 0 unspecified atom stereocenters. The topological polar surface area (TPSA) is 113 Å². The fourth-order valence-corrected chi connectivity index (χ4v) is 4.75. The minimum Gasteiger partial charge on any atom is -0.472 e. The van der Waals surface area contributed by atoms with Gasteiger partial charge in [0.05, 0.1) is 35.0 Å². The van der Waals surface area contributed by atoms with Crippen LogP contribution >= 0.6 is 11.8 Å². The van der Waals surface area contributed by atoms with Crippen molar-refractivity contribution in [3.8, 4) is 11.3 Å². The van der Waals surface area contributed by atoms with E-state index in [9.17, 15) is 14.0 Å². The lowest BCUT2D eigenvalue weighted by molar-refractivity contribution is -0.115. The molecule has 0 radical (unpaired) electrons. The predicted octanol–water partition coefficient (Wildman–Crippen LogP) is 3.60. The van der Waals surface area contributed by atoms with Crippen LogP contribution in [-0.4, -0.2) is 45.7 Å². The van der Waals surface area contributed by atoms with Crippen LogP contribution in [0.15, 0.2) is 52.4 Å². The van der Waals surface area contributed by atoms with Crippen molar-refractivity contribution in [2.45, 2.75) is 19.4 Å². The summed E-state index contributed by atoms with van der Waals surface area (Å²) in [4.78, 5) is 38.6. The number of piperidine rings is 1. The number of hydrogen-bond donors (Lipinski definition) is 2. The van der Waals surface area contributed by atoms with E-state index in [2.05, 4.69) is 30.5 Å². The molecule has 0 aliphatic carbocycles. The number of carbonyl (C=O) groups excluding carboxylic acids is 2. The van der Waals surface area contributed by atoms with Crippen molar-refractivity contribution in [3.05, 3.63) is 65.1 Å². The van der Waals surface area contributed by atoms with Gasteiger partial charge in [0.25, 0.3) is 11.1 Å². The Morgan fingerprint density at radius 3 is 2.86 bits per heavy atom. The Labute approximate surface area is 205 Å². The molecule has 2 saturated heterocycles. The second-order valence-electron chi connectivity index (χ2n) is 8.37. The molecule has 2 N–H and O–H groups in total. The summed E-state index contributed by atoms with van der Waals surface area (Å²) in [5.74, 6) is 0.327. The van der Waals surface area contributed by atoms with Crippen molar-refractivity contribution in [2.75, 3.05) is 24.5 Å². The summed E-state index contributed by atoms with van der Waals surface area (Å²) in [6, 6.07) is 5.26. The molecule has 11 heteroatoms. The molecular formula is C24H23FN6O3S. The number of halogens is 1. The highest BCUT2D eigenvalue weighted by Crippen LogP contribution is 2.26. The van der Waals surface area contributed by atoms with Crippen molar-refractivity contribution in [2.24, 2.45) is 5.92 Å². The van der Waals surface area contributed by atoms with Crippen molar-refractivity contribution >= 4 is 34.9 Å². The summed E-state index contributed by atoms with van der Waals surface area (Å²) in [6.07, 6.45) is 9.57. The Bertz CT molecular complexity index is 1260. The first-order valence-electron chi connectivity index (χ1n) is 11.3. The standard InChI is InChI=1S/C24H23FN6O3S/c25-19-13-28-20(16-4-8-34-14-16)9-17(19)12-26-11-15-2-6-31(7-3-15)23-27-5-1-18(29-23)10-21-22(32)30-24(33)35-21/h1,4-5,8-10,13-15,26H,2-3,6-7,11-12H2,(H,30,32,33)/b21-10-. The number of imide groups is 1. The Kier molecular flexibility index (Phi) is 6.87. The maximum atomic E-state index is 14.2. The molecule has 2 fully saturated rings. The van der Waals surface area contributed by atoms with Crippen molar-refractivity contribution in [1.29, 1.82) is 0 Å². The quantitative estimate of drug-likeness (QED) is 0.476. The molecule has 3 aromatic heterocycles. The van der Waals surface area contributed by atoms with E-state index < -0.39 is 5.91 Å². The SMILES string of the molecule is O=C1NC(=O)/C(=C/c2ccnc(N3CCC(CNCc4cc(-c5ccoc5)ncc4F)CC3)n2)S1. The molecule has 0 atom stereocenters. The average Bonchev–Trinajstić information content (AvgIpc) is 3.51. The number of carbonyl (C=O) groups is 2. The van der Waals surface area contributed by atoms with Gasteiger partial charge in [-0.1, -0.05) is 0 Å². The lowest BCUT2D eigenvalue weighted by Gasteiger charge is -2.32. The molecule has 0 bridgehead atoms. The van der Waals surface area contributed by atoms with E-state index in [0.717, 1.165) is 49.8 Å². The van der Waals surface area contributed by atoms with Crippen LogP contribution in [-0.2, 0) is 11.3 Å². The van der Waals surface area contributed by atoms with Crippen LogP contribution in [0.5, 0.6) is 0 Å². The van der Waals surface area contributed by atoms with Crippen molar-refractivity contribution < 1.29 is 18.4 Å². The molecule has 35 heavy (non-hydrogen) atoms. The zero-order chi connectivity index (χ0) is 24.2. The number of nitrogens with one attached hydrogen (secondary N) is 2. The van der Waals surface area contributed by atoms with E-state index in [1.165, 1.54) is 6.20 Å². The molecule has 0 spiro atoms. The van der Waals surface area contributed by atoms with Crippen LogP contribution in [0.4, 0.5) is 15.1 Å². The largest absolute Gasteiger partial charge is 0.472 e. The lowest BCUT2D eigenvalue weighted by atomic mass is 9.97. The summed E-state index contributed by atoms with van der Waals surface area (Å²) >= 11 is 0.866. The minimum absolute atomic E-state index is 0.326. The first-order chi connectivity index (χ1) is 17.0. The van der Waals surface area contributed by atoms with E-state index in [4.69, 9.17) is 4.42 Å². The first kappa shape index (κ1) is 23.2. The number of nitrogens with zero attached hydrogens (tertiary/aromatic N) is 4. The summed E-state index contributed by atoms with van der Waals surface area (Å²) in [7, 11) is 0. The van der Waals surface area contributed by atoms with Crippen molar-refractivity contribution in [3.63, 3.8) is 0 Å². The van der Waals surface area contributed by atoms with Crippen LogP contribution in [0.2, 0.25) is 0 Å². The van der Waals surface area contributed by atoms with Gasteiger partial charge in [0, 0.05) is 37.0 Å². The van der Waals surface area contributed by atoms with Gasteiger partial charge in [-0.2, -0.15) is 0 Å². The van der Waals surface area contributed by atoms with Gasteiger partial charge in [-0.05, 0) is 61.3 Å². The second kappa shape index (κ2) is 10.4. The van der Waals surface area contributed by atoms with Gasteiger partial charge in [-0.25, -0.2) is 14.4 Å². The Morgan fingerprint density at radius 1 is 1.26 bits per heavy atom. The molecule has 2 aliphatic heterocycles. The number of rotatable bonds is 7. The average molecular weight is 495 g/mol. The van der Waals surface area contributed by atoms with Crippen LogP contribution in [0.3, 0.4) is 0 Å². The van der Waals surface area contributed by atoms with Gasteiger partial charge in [-0.15, -0.1) is 0 Å². The molecule has 180 valence electrons. The van der Waals surface area contributed by atoms with Crippen LogP contribution < -0.4 is 15.5 Å². The fraction of sp³-hybridized carbons (Fsp3) is 0.292. The van der Waals surface area contributed by atoms with Crippen LogP contribution in [0.1, 0.15) is 24.1 Å². The number of aromatic nitrogens is 3. The van der Waals surface area contributed by atoms with Crippen LogP contribution in [0.25, 0.3) is 17.3 Å². The summed E-state index contributed by atoms with van der Waals surface area (Å²) < 4.78 is 19.3. The molecule has 2 aliphatic rings. The van der Waals surface area contributed by atoms with Gasteiger partial charge in [-0.3, -0.25) is 19.9 Å². The predicted molar refractivity (Wildman–Crippen MR) is 130 cm³/mol. The maximum absolute atomic E-state index is 14.2. The third-order valence-corrected chi connectivity index (χ3v) is 6.79. The van der Waals surface area contributed by atoms with E-state index in [1.54, 1.807) is 43.0 Å². The highest BCUT2D eigenvalue weighted by molar-refractivity contribution is 8.18. The first-order valence-corrected chi connectivity index (χ1v) is 12.1. The molecule has 3 aromatic rings. The highest BCUT2D eigenvalue weighted by Gasteiger charge is 2.26. The fourth-order valence-electron chi connectivity index (χ4n) is 4.08. The van der Waals surface area contributed by atoms with E-state index in [1.807, 2.05) is 0 Å². The normalized spacial score (nSPS) is 17.9. The van der Waals surface area contributed by atoms with Gasteiger partial charge in [0.2, 0.25) is 5.95 Å². The van der Waals surface area contributed by atoms with Gasteiger partial charge >= 0.3 is 0 Å². The van der Waals surface area contributed by atoms with Crippen molar-refractivity contribution in [1.82, 2.24) is 25.6 Å². The molecular weight excluding hydrogens is 471 g/mol. The van der Waals surface area contributed by atoms with Gasteiger partial charge in [0.15, 0.2) is 0 Å². The monoisotopic (exact) mass is 494 g/mol. The number of furan rings is 1. The summed E-state index contributed by atoms with van der Waals surface area (Å²) in [5, 5.41) is 5.24. The Morgan fingerprint density at radius 2 is 2.11 bits per heavy atom. The molecule has 9 nitrogen and oxygen atoms in total. The highest BCUT2D eigenvalue weighted by atomic mass is 32.2. The van der Waals surface area contributed by atoms with Gasteiger partial charge in [0.1, 0.15) is 5.82 Å². The number of pyridine rings is 1. The molecule has 0 aromatic carbocycles. The number of thioether (sulfide) groups is 1. The lowest BCUT2D eigenvalue weighted by Crippen LogP contribution is -2.38. The molecule has 0 saturated carbocycles. The summed E-state index contributed by atoms with van der Waals surface area (Å²) in [6.45, 7) is 2.81. The van der Waals surface area contributed by atoms with Crippen LogP contribution in [0, 0.1) is 11.7 Å². The molecule has 2 amide bonds. The third kappa shape index (κ3) is 5.57. The maximum Gasteiger partial charge on any atom is 0.290 e. The third-order valence-electron chi connectivity index (χ3n) is 5.98. The zero-order valence-electron chi connectivity index (χ0n) is 18.7. The van der Waals surface area contributed by atoms with Gasteiger partial charge < -0.3 is 14.6 Å². The number of hydrogen-bond acceptors (Lipinski definition) is 9. The number of anilines is 1. The zero-order valence-corrected chi connectivity index (χ0v) is 19.6. The van der Waals surface area contributed by atoms with E-state index in [-0.39, 0.29) is 11.1 Å². The van der Waals surface area contributed by atoms with E-state index >= 15 is 0 Å². The van der Waals surface area contributed by atoms with E-state index in [0.29, 0.717) is 40.3 Å². The molecule has 5 heterocycles. The number of amides is 2. The molecule has 5 rings (SSSR count). The Hall–Kier alpha value is -3.57.